The van der Waals surface area contributed by atoms with Crippen LogP contribution in [0.2, 0.25) is 10.0 Å². The number of sulfonamides is 1. The van der Waals surface area contributed by atoms with Crippen molar-refractivity contribution >= 4 is 38.9 Å². The summed E-state index contributed by atoms with van der Waals surface area (Å²) < 4.78 is 59.9. The van der Waals surface area contributed by atoms with Crippen LogP contribution in [0, 0.1) is 11.6 Å². The van der Waals surface area contributed by atoms with Gasteiger partial charge in [0.15, 0.2) is 0 Å². The standard InChI is InChI=1S/C18H11Cl2F2NO3S/c19-11-5-8-16(13(20)9-11)26-17-3-1-2-4-18(17)27(24,25)23-15-7-6-12(21)10-14(15)22/h1-10,23H. The van der Waals surface area contributed by atoms with E-state index in [0.717, 1.165) is 12.1 Å². The minimum absolute atomic E-state index is 0.0308. The van der Waals surface area contributed by atoms with Crippen LogP contribution in [0.15, 0.2) is 65.6 Å². The molecule has 0 heterocycles. The molecule has 0 radical (unpaired) electrons. The van der Waals surface area contributed by atoms with Crippen molar-refractivity contribution in [1.29, 1.82) is 0 Å². The molecule has 0 aromatic heterocycles. The monoisotopic (exact) mass is 429 g/mol. The number of ether oxygens (including phenoxy) is 1. The van der Waals surface area contributed by atoms with Gasteiger partial charge in [0, 0.05) is 11.1 Å². The summed E-state index contributed by atoms with van der Waals surface area (Å²) in [5.41, 5.74) is -0.393. The summed E-state index contributed by atoms with van der Waals surface area (Å²) in [4.78, 5) is -0.250. The predicted octanol–water partition coefficient (Wildman–Crippen LogP) is 5.86. The Balaban J connectivity index is 1.96. The van der Waals surface area contributed by atoms with Gasteiger partial charge in [-0.2, -0.15) is 0 Å². The van der Waals surface area contributed by atoms with Gasteiger partial charge in [0.1, 0.15) is 28.0 Å². The van der Waals surface area contributed by atoms with E-state index >= 15 is 0 Å². The summed E-state index contributed by atoms with van der Waals surface area (Å²) in [7, 11) is -4.23. The van der Waals surface area contributed by atoms with Crippen molar-refractivity contribution < 1.29 is 21.9 Å². The van der Waals surface area contributed by atoms with E-state index in [1.54, 1.807) is 6.07 Å². The van der Waals surface area contributed by atoms with Crippen molar-refractivity contribution in [2.75, 3.05) is 4.72 Å². The van der Waals surface area contributed by atoms with E-state index in [1.165, 1.54) is 36.4 Å². The lowest BCUT2D eigenvalue weighted by molar-refractivity contribution is 0.468. The Kier molecular flexibility index (Phi) is 5.55. The number of para-hydroxylation sites is 1. The molecule has 0 aliphatic heterocycles. The minimum Gasteiger partial charge on any atom is -0.454 e. The van der Waals surface area contributed by atoms with Gasteiger partial charge in [-0.25, -0.2) is 17.2 Å². The largest absolute Gasteiger partial charge is 0.454 e. The van der Waals surface area contributed by atoms with Crippen molar-refractivity contribution in [2.24, 2.45) is 0 Å². The molecule has 1 N–H and O–H groups in total. The highest BCUT2D eigenvalue weighted by atomic mass is 35.5. The first-order valence-electron chi connectivity index (χ1n) is 7.46. The molecule has 0 aliphatic carbocycles. The van der Waals surface area contributed by atoms with Gasteiger partial charge in [-0.15, -0.1) is 0 Å². The summed E-state index contributed by atoms with van der Waals surface area (Å²) >= 11 is 11.9. The van der Waals surface area contributed by atoms with Crippen molar-refractivity contribution in [3.8, 4) is 11.5 Å². The molecule has 3 aromatic rings. The Bertz CT molecular complexity index is 1110. The second-order valence-corrected chi connectivity index (χ2v) is 7.85. The lowest BCUT2D eigenvalue weighted by Gasteiger charge is -2.14. The second-order valence-electron chi connectivity index (χ2n) is 5.35. The van der Waals surface area contributed by atoms with Gasteiger partial charge in [-0.05, 0) is 42.5 Å². The molecule has 0 saturated heterocycles. The first-order valence-corrected chi connectivity index (χ1v) is 9.70. The number of hydrogen-bond acceptors (Lipinski definition) is 3. The van der Waals surface area contributed by atoms with E-state index in [4.69, 9.17) is 27.9 Å². The van der Waals surface area contributed by atoms with Crippen LogP contribution in [0.1, 0.15) is 0 Å². The molecule has 4 nitrogen and oxygen atoms in total. The SMILES string of the molecule is O=S(=O)(Nc1ccc(F)cc1F)c1ccccc1Oc1ccc(Cl)cc1Cl. The second kappa shape index (κ2) is 7.72. The Labute approximate surface area is 164 Å². The zero-order valence-electron chi connectivity index (χ0n) is 13.4. The Hall–Kier alpha value is -2.35. The van der Waals surface area contributed by atoms with Gasteiger partial charge in [0.25, 0.3) is 10.0 Å². The molecule has 0 fully saturated rings. The highest BCUT2D eigenvalue weighted by Crippen LogP contribution is 2.35. The Morgan fingerprint density at radius 1 is 0.889 bits per heavy atom. The number of halogens is 4. The molecular weight excluding hydrogens is 419 g/mol. The fraction of sp³-hybridized carbons (Fsp3) is 0. The molecule has 27 heavy (non-hydrogen) atoms. The van der Waals surface area contributed by atoms with Crippen molar-refractivity contribution in [2.45, 2.75) is 4.90 Å². The van der Waals surface area contributed by atoms with Crippen LogP contribution in [0.3, 0.4) is 0 Å². The highest BCUT2D eigenvalue weighted by Gasteiger charge is 2.22. The molecule has 0 unspecified atom stereocenters. The van der Waals surface area contributed by atoms with E-state index in [1.807, 2.05) is 0 Å². The van der Waals surface area contributed by atoms with Crippen molar-refractivity contribution in [1.82, 2.24) is 0 Å². The molecule has 0 bridgehead atoms. The van der Waals surface area contributed by atoms with Crippen molar-refractivity contribution in [3.05, 3.63) is 82.3 Å². The van der Waals surface area contributed by atoms with Gasteiger partial charge in [0.05, 0.1) is 10.7 Å². The summed E-state index contributed by atoms with van der Waals surface area (Å²) in [5, 5.41) is 0.578. The maximum absolute atomic E-state index is 13.8. The number of nitrogens with one attached hydrogen (secondary N) is 1. The molecule has 0 saturated carbocycles. The normalized spacial score (nSPS) is 11.3. The average Bonchev–Trinajstić information content (AvgIpc) is 2.60. The number of benzene rings is 3. The van der Waals surface area contributed by atoms with Crippen molar-refractivity contribution in [3.63, 3.8) is 0 Å². The maximum Gasteiger partial charge on any atom is 0.265 e. The molecule has 9 heteroatoms. The number of anilines is 1. The van der Waals surface area contributed by atoms with Crippen LogP contribution in [-0.2, 0) is 10.0 Å². The molecule has 3 aromatic carbocycles. The van der Waals surface area contributed by atoms with E-state index in [0.29, 0.717) is 11.1 Å². The van der Waals surface area contributed by atoms with Crippen LogP contribution in [0.25, 0.3) is 0 Å². The van der Waals surface area contributed by atoms with Gasteiger partial charge in [-0.3, -0.25) is 4.72 Å². The lowest BCUT2D eigenvalue weighted by atomic mass is 10.3. The summed E-state index contributed by atoms with van der Waals surface area (Å²) in [6, 6.07) is 12.7. The fourth-order valence-corrected chi connectivity index (χ4v) is 3.85. The zero-order chi connectivity index (χ0) is 19.6. The lowest BCUT2D eigenvalue weighted by Crippen LogP contribution is -2.15. The summed E-state index contributed by atoms with van der Waals surface area (Å²) in [5.74, 6) is -1.71. The third kappa shape index (κ3) is 4.50. The van der Waals surface area contributed by atoms with Crippen LogP contribution in [-0.4, -0.2) is 8.42 Å². The van der Waals surface area contributed by atoms with Crippen LogP contribution >= 0.6 is 23.2 Å². The molecule has 140 valence electrons. The predicted molar refractivity (Wildman–Crippen MR) is 100 cm³/mol. The molecule has 0 amide bonds. The van der Waals surface area contributed by atoms with E-state index in [-0.39, 0.29) is 21.4 Å². The quantitative estimate of drug-likeness (QED) is 0.551. The van der Waals surface area contributed by atoms with Gasteiger partial charge in [0.2, 0.25) is 0 Å². The molecular formula is C18H11Cl2F2NO3S. The van der Waals surface area contributed by atoms with E-state index in [9.17, 15) is 17.2 Å². The minimum atomic E-state index is -4.23. The van der Waals surface area contributed by atoms with E-state index < -0.39 is 27.3 Å². The summed E-state index contributed by atoms with van der Waals surface area (Å²) in [6.45, 7) is 0. The molecule has 3 rings (SSSR count). The number of rotatable bonds is 5. The smallest absolute Gasteiger partial charge is 0.265 e. The van der Waals surface area contributed by atoms with E-state index in [2.05, 4.69) is 4.72 Å². The van der Waals surface area contributed by atoms with Crippen LogP contribution in [0.4, 0.5) is 14.5 Å². The number of hydrogen-bond donors (Lipinski definition) is 1. The Morgan fingerprint density at radius 3 is 2.33 bits per heavy atom. The van der Waals surface area contributed by atoms with Crippen LogP contribution < -0.4 is 9.46 Å². The van der Waals surface area contributed by atoms with Gasteiger partial charge in [-0.1, -0.05) is 35.3 Å². The first kappa shape index (κ1) is 19.4. The Morgan fingerprint density at radius 2 is 1.63 bits per heavy atom. The third-order valence-corrected chi connectivity index (χ3v) is 5.36. The topological polar surface area (TPSA) is 55.4 Å². The molecule has 0 spiro atoms. The fourth-order valence-electron chi connectivity index (χ4n) is 2.20. The zero-order valence-corrected chi connectivity index (χ0v) is 15.7. The molecule has 0 atom stereocenters. The maximum atomic E-state index is 13.8. The van der Waals surface area contributed by atoms with Gasteiger partial charge < -0.3 is 4.74 Å². The highest BCUT2D eigenvalue weighted by molar-refractivity contribution is 7.92. The van der Waals surface area contributed by atoms with Crippen LogP contribution in [0.5, 0.6) is 11.5 Å². The van der Waals surface area contributed by atoms with Gasteiger partial charge >= 0.3 is 0 Å². The average molecular weight is 430 g/mol. The third-order valence-electron chi connectivity index (χ3n) is 3.43. The first-order chi connectivity index (χ1) is 12.8. The molecule has 0 aliphatic rings. The summed E-state index contributed by atoms with van der Waals surface area (Å²) in [6.07, 6.45) is 0.